The van der Waals surface area contributed by atoms with Gasteiger partial charge in [0, 0.05) is 13.6 Å². The Kier molecular flexibility index (Phi) is 5.49. The van der Waals surface area contributed by atoms with Gasteiger partial charge in [-0.15, -0.1) is 0 Å². The number of carbonyl (C=O) groups excluding carboxylic acids is 2. The van der Waals surface area contributed by atoms with Gasteiger partial charge < -0.3 is 15.4 Å². The summed E-state index contributed by atoms with van der Waals surface area (Å²) in [5.74, 6) is -1.96. The molecule has 0 unspecified atom stereocenters. The van der Waals surface area contributed by atoms with E-state index in [1.807, 2.05) is 6.92 Å². The number of nitrogen functional groups attached to an aromatic ring is 1. The molecular weight excluding hydrogens is 263 g/mol. The van der Waals surface area contributed by atoms with Gasteiger partial charge in [-0.3, -0.25) is 4.79 Å². The van der Waals surface area contributed by atoms with Crippen molar-refractivity contribution in [1.82, 2.24) is 4.90 Å². The zero-order valence-corrected chi connectivity index (χ0v) is 11.9. The predicted molar refractivity (Wildman–Crippen MR) is 74.0 cm³/mol. The Morgan fingerprint density at radius 2 is 2.00 bits per heavy atom. The van der Waals surface area contributed by atoms with Crippen molar-refractivity contribution in [2.24, 2.45) is 0 Å². The molecule has 0 bridgehead atoms. The molecule has 0 aliphatic heterocycles. The van der Waals surface area contributed by atoms with Crippen molar-refractivity contribution < 1.29 is 18.7 Å². The standard InChI is InChI=1S/C14H19FN2O3/c1-4-6-17(3)13(18)10-7-9(14(19)20-5-2)8-11(16)12(10)15/h7-8H,4-6,16H2,1-3H3. The average Bonchev–Trinajstić information content (AvgIpc) is 2.41. The maximum atomic E-state index is 14.0. The molecule has 0 aliphatic rings. The van der Waals surface area contributed by atoms with Gasteiger partial charge in [-0.1, -0.05) is 6.92 Å². The highest BCUT2D eigenvalue weighted by atomic mass is 19.1. The third-order valence-electron chi connectivity index (χ3n) is 2.75. The second-order valence-electron chi connectivity index (χ2n) is 4.37. The number of anilines is 1. The molecule has 1 amide bonds. The van der Waals surface area contributed by atoms with Crippen LogP contribution in [-0.2, 0) is 4.74 Å². The normalized spacial score (nSPS) is 10.2. The molecule has 0 aromatic heterocycles. The summed E-state index contributed by atoms with van der Waals surface area (Å²) < 4.78 is 18.8. The molecule has 0 spiro atoms. The number of hydrogen-bond donors (Lipinski definition) is 1. The number of rotatable bonds is 5. The van der Waals surface area contributed by atoms with Crippen LogP contribution in [0.3, 0.4) is 0 Å². The highest BCUT2D eigenvalue weighted by molar-refractivity contribution is 5.99. The first-order valence-electron chi connectivity index (χ1n) is 6.43. The van der Waals surface area contributed by atoms with Crippen LogP contribution in [0, 0.1) is 5.82 Å². The summed E-state index contributed by atoms with van der Waals surface area (Å²) in [6.45, 7) is 4.24. The van der Waals surface area contributed by atoms with E-state index in [4.69, 9.17) is 10.5 Å². The number of nitrogens with zero attached hydrogens (tertiary/aromatic N) is 1. The first-order valence-corrected chi connectivity index (χ1v) is 6.43. The zero-order valence-electron chi connectivity index (χ0n) is 11.9. The minimum Gasteiger partial charge on any atom is -0.462 e. The van der Waals surface area contributed by atoms with Crippen molar-refractivity contribution in [2.75, 3.05) is 25.9 Å². The molecule has 20 heavy (non-hydrogen) atoms. The van der Waals surface area contributed by atoms with E-state index in [1.54, 1.807) is 14.0 Å². The van der Waals surface area contributed by atoms with Crippen LogP contribution >= 0.6 is 0 Å². The Hall–Kier alpha value is -2.11. The lowest BCUT2D eigenvalue weighted by molar-refractivity contribution is 0.0526. The van der Waals surface area contributed by atoms with Crippen molar-refractivity contribution >= 4 is 17.6 Å². The zero-order chi connectivity index (χ0) is 15.3. The van der Waals surface area contributed by atoms with Crippen molar-refractivity contribution in [3.05, 3.63) is 29.1 Å². The van der Waals surface area contributed by atoms with Gasteiger partial charge in [0.2, 0.25) is 0 Å². The lowest BCUT2D eigenvalue weighted by Gasteiger charge is -2.17. The Bertz CT molecular complexity index is 517. The first kappa shape index (κ1) is 15.9. The van der Waals surface area contributed by atoms with E-state index >= 15 is 0 Å². The number of benzene rings is 1. The Morgan fingerprint density at radius 3 is 2.55 bits per heavy atom. The molecule has 2 N–H and O–H groups in total. The molecule has 1 aromatic rings. The minimum absolute atomic E-state index is 0.0685. The quantitative estimate of drug-likeness (QED) is 0.663. The van der Waals surface area contributed by atoms with Crippen LogP contribution in [-0.4, -0.2) is 37.0 Å². The largest absolute Gasteiger partial charge is 0.462 e. The number of halogens is 1. The molecule has 0 atom stereocenters. The van der Waals surface area contributed by atoms with Crippen LogP contribution < -0.4 is 5.73 Å². The van der Waals surface area contributed by atoms with Gasteiger partial charge in [-0.25, -0.2) is 9.18 Å². The van der Waals surface area contributed by atoms with Gasteiger partial charge in [0.1, 0.15) is 0 Å². The molecule has 6 heteroatoms. The van der Waals surface area contributed by atoms with Gasteiger partial charge in [0.15, 0.2) is 5.82 Å². The van der Waals surface area contributed by atoms with Crippen LogP contribution in [0.2, 0.25) is 0 Å². The number of nitrogens with two attached hydrogens (primary N) is 1. The second-order valence-corrected chi connectivity index (χ2v) is 4.37. The lowest BCUT2D eigenvalue weighted by atomic mass is 10.1. The number of esters is 1. The fourth-order valence-corrected chi connectivity index (χ4v) is 1.78. The highest BCUT2D eigenvalue weighted by Crippen LogP contribution is 2.20. The Labute approximate surface area is 117 Å². The van der Waals surface area contributed by atoms with E-state index in [0.29, 0.717) is 6.54 Å². The van der Waals surface area contributed by atoms with Crippen molar-refractivity contribution in [2.45, 2.75) is 20.3 Å². The summed E-state index contributed by atoms with van der Waals surface area (Å²) in [6.07, 6.45) is 0.747. The summed E-state index contributed by atoms with van der Waals surface area (Å²) in [6, 6.07) is 2.35. The smallest absolute Gasteiger partial charge is 0.338 e. The molecule has 0 aliphatic carbocycles. The third-order valence-corrected chi connectivity index (χ3v) is 2.75. The topological polar surface area (TPSA) is 72.6 Å². The highest BCUT2D eigenvalue weighted by Gasteiger charge is 2.21. The van der Waals surface area contributed by atoms with Crippen LogP contribution in [0.25, 0.3) is 0 Å². The van der Waals surface area contributed by atoms with E-state index < -0.39 is 17.7 Å². The molecule has 5 nitrogen and oxygen atoms in total. The molecule has 0 radical (unpaired) electrons. The molecule has 0 saturated heterocycles. The molecule has 0 heterocycles. The number of carbonyl (C=O) groups is 2. The molecule has 1 rings (SSSR count). The maximum Gasteiger partial charge on any atom is 0.338 e. The molecule has 110 valence electrons. The summed E-state index contributed by atoms with van der Waals surface area (Å²) in [5, 5.41) is 0. The molecule has 0 saturated carbocycles. The van der Waals surface area contributed by atoms with E-state index in [1.165, 1.54) is 17.0 Å². The summed E-state index contributed by atoms with van der Waals surface area (Å²) >= 11 is 0. The van der Waals surface area contributed by atoms with Gasteiger partial charge in [-0.05, 0) is 25.5 Å². The summed E-state index contributed by atoms with van der Waals surface area (Å²) in [7, 11) is 1.57. The van der Waals surface area contributed by atoms with Gasteiger partial charge in [0.05, 0.1) is 23.4 Å². The number of ether oxygens (including phenoxy) is 1. The van der Waals surface area contributed by atoms with Crippen LogP contribution in [0.1, 0.15) is 41.0 Å². The second kappa shape index (κ2) is 6.88. The summed E-state index contributed by atoms with van der Waals surface area (Å²) in [4.78, 5) is 25.2. The minimum atomic E-state index is -0.814. The van der Waals surface area contributed by atoms with E-state index in [0.717, 1.165) is 6.42 Å². The van der Waals surface area contributed by atoms with Crippen molar-refractivity contribution in [3.63, 3.8) is 0 Å². The molecule has 1 aromatic carbocycles. The first-order chi connectivity index (χ1) is 9.42. The fourth-order valence-electron chi connectivity index (χ4n) is 1.78. The SMILES string of the molecule is CCCN(C)C(=O)c1cc(C(=O)OCC)cc(N)c1F. The van der Waals surface area contributed by atoms with Gasteiger partial charge in [0.25, 0.3) is 5.91 Å². The van der Waals surface area contributed by atoms with Crippen molar-refractivity contribution in [3.8, 4) is 0 Å². The fraction of sp³-hybridized carbons (Fsp3) is 0.429. The number of amides is 1. The predicted octanol–water partition coefficient (Wildman–Crippen LogP) is 2.07. The van der Waals surface area contributed by atoms with E-state index in [2.05, 4.69) is 0 Å². The number of hydrogen-bond acceptors (Lipinski definition) is 4. The molecular formula is C14H19FN2O3. The van der Waals surface area contributed by atoms with E-state index in [9.17, 15) is 14.0 Å². The maximum absolute atomic E-state index is 14.0. The third kappa shape index (κ3) is 3.46. The summed E-state index contributed by atoms with van der Waals surface area (Å²) in [5.41, 5.74) is 5.12. The Morgan fingerprint density at radius 1 is 1.35 bits per heavy atom. The van der Waals surface area contributed by atoms with Crippen LogP contribution in [0.4, 0.5) is 10.1 Å². The van der Waals surface area contributed by atoms with Crippen LogP contribution in [0.15, 0.2) is 12.1 Å². The lowest BCUT2D eigenvalue weighted by Crippen LogP contribution is -2.28. The Balaban J connectivity index is 3.18. The molecule has 0 fully saturated rings. The van der Waals surface area contributed by atoms with Gasteiger partial charge in [-0.2, -0.15) is 0 Å². The van der Waals surface area contributed by atoms with E-state index in [-0.39, 0.29) is 23.4 Å². The van der Waals surface area contributed by atoms with Crippen molar-refractivity contribution in [1.29, 1.82) is 0 Å². The average molecular weight is 282 g/mol. The monoisotopic (exact) mass is 282 g/mol. The van der Waals surface area contributed by atoms with Gasteiger partial charge >= 0.3 is 5.97 Å². The van der Waals surface area contributed by atoms with Crippen LogP contribution in [0.5, 0.6) is 0 Å².